The van der Waals surface area contributed by atoms with Crippen molar-refractivity contribution in [2.75, 3.05) is 6.54 Å². The van der Waals surface area contributed by atoms with Gasteiger partial charge in [0, 0.05) is 0 Å². The Labute approximate surface area is 88.4 Å². The number of H-pyrrole nitrogens is 1. The second kappa shape index (κ2) is 5.47. The molecule has 1 aromatic heterocycles. The number of amides is 1. The Bertz CT molecular complexity index is 297. The zero-order valence-electron chi connectivity index (χ0n) is 8.73. The highest BCUT2D eigenvalue weighted by Crippen LogP contribution is 2.06. The monoisotopic (exact) mass is 211 g/mol. The minimum Gasteiger partial charge on any atom is -0.347 e. The van der Waals surface area contributed by atoms with Crippen molar-refractivity contribution in [3.8, 4) is 0 Å². The molecule has 1 amide bonds. The molecular formula is C9H17N5O. The topological polar surface area (TPSA) is 110 Å². The van der Waals surface area contributed by atoms with Gasteiger partial charge in [-0.25, -0.2) is 4.98 Å². The molecule has 0 saturated carbocycles. The molecular weight excluding hydrogens is 194 g/mol. The van der Waals surface area contributed by atoms with Crippen LogP contribution in [0.4, 0.5) is 0 Å². The molecule has 0 aliphatic carbocycles. The number of carbonyl (C=O) groups is 1. The van der Waals surface area contributed by atoms with E-state index in [2.05, 4.69) is 15.3 Å². The third-order valence-corrected chi connectivity index (χ3v) is 2.16. The van der Waals surface area contributed by atoms with E-state index in [-0.39, 0.29) is 11.9 Å². The molecule has 6 nitrogen and oxygen atoms in total. The number of nitrogens with zero attached hydrogens (tertiary/aromatic N) is 1. The van der Waals surface area contributed by atoms with Crippen LogP contribution in [0.25, 0.3) is 0 Å². The van der Waals surface area contributed by atoms with Crippen LogP contribution in [0.15, 0.2) is 12.5 Å². The summed E-state index contributed by atoms with van der Waals surface area (Å²) in [4.78, 5) is 18.3. The highest BCUT2D eigenvalue weighted by atomic mass is 16.2. The molecule has 1 rings (SSSR count). The van der Waals surface area contributed by atoms with Gasteiger partial charge in [0.25, 0.3) is 0 Å². The molecule has 2 atom stereocenters. The third-order valence-electron chi connectivity index (χ3n) is 2.16. The molecule has 15 heavy (non-hydrogen) atoms. The minimum absolute atomic E-state index is 0.121. The summed E-state index contributed by atoms with van der Waals surface area (Å²) in [5, 5.41) is 2.78. The summed E-state index contributed by atoms with van der Waals surface area (Å²) < 4.78 is 0. The van der Waals surface area contributed by atoms with Gasteiger partial charge >= 0.3 is 0 Å². The molecule has 0 saturated heterocycles. The maximum Gasteiger partial charge on any atom is 0.237 e. The van der Waals surface area contributed by atoms with E-state index < -0.39 is 6.04 Å². The maximum absolute atomic E-state index is 11.5. The van der Waals surface area contributed by atoms with Crippen molar-refractivity contribution >= 4 is 5.91 Å². The molecule has 0 radical (unpaired) electrons. The lowest BCUT2D eigenvalue weighted by Crippen LogP contribution is -2.42. The van der Waals surface area contributed by atoms with E-state index in [4.69, 9.17) is 11.5 Å². The minimum atomic E-state index is -0.541. The van der Waals surface area contributed by atoms with Crippen molar-refractivity contribution in [3.63, 3.8) is 0 Å². The molecule has 0 spiro atoms. The molecule has 1 heterocycles. The first-order valence-electron chi connectivity index (χ1n) is 4.89. The Balaban J connectivity index is 2.44. The summed E-state index contributed by atoms with van der Waals surface area (Å²) >= 11 is 0. The van der Waals surface area contributed by atoms with Crippen molar-refractivity contribution in [1.82, 2.24) is 15.3 Å². The first-order valence-corrected chi connectivity index (χ1v) is 4.89. The van der Waals surface area contributed by atoms with Gasteiger partial charge in [0.15, 0.2) is 0 Å². The number of rotatable bonds is 5. The standard InChI is InChI=1S/C9H17N5O/c1-6(8-4-12-5-13-8)14-9(15)7(11)2-3-10/h4-7H,2-3,10-11H2,1H3,(H,12,13)(H,14,15). The number of hydrogen-bond donors (Lipinski definition) is 4. The Morgan fingerprint density at radius 2 is 2.47 bits per heavy atom. The predicted octanol–water partition coefficient (Wildman–Crippen LogP) is -0.737. The Morgan fingerprint density at radius 3 is 3.00 bits per heavy atom. The molecule has 2 unspecified atom stereocenters. The highest BCUT2D eigenvalue weighted by Gasteiger charge is 2.16. The Kier molecular flexibility index (Phi) is 4.26. The van der Waals surface area contributed by atoms with Gasteiger partial charge in [0.1, 0.15) is 0 Å². The molecule has 0 fully saturated rings. The second-order valence-electron chi connectivity index (χ2n) is 3.42. The maximum atomic E-state index is 11.5. The van der Waals surface area contributed by atoms with Gasteiger partial charge in [-0.3, -0.25) is 4.79 Å². The number of aromatic nitrogens is 2. The number of hydrogen-bond acceptors (Lipinski definition) is 4. The van der Waals surface area contributed by atoms with Gasteiger partial charge < -0.3 is 21.8 Å². The summed E-state index contributed by atoms with van der Waals surface area (Å²) in [6, 6.07) is -0.663. The SMILES string of the molecule is CC(NC(=O)C(N)CCN)c1cnc[nH]1. The van der Waals surface area contributed by atoms with Crippen molar-refractivity contribution in [2.45, 2.75) is 25.4 Å². The van der Waals surface area contributed by atoms with Crippen LogP contribution in [0.3, 0.4) is 0 Å². The summed E-state index contributed by atoms with van der Waals surface area (Å²) in [6.07, 6.45) is 3.72. The Hall–Kier alpha value is -1.40. The smallest absolute Gasteiger partial charge is 0.237 e. The van der Waals surface area contributed by atoms with E-state index in [1.807, 2.05) is 6.92 Å². The molecule has 1 aromatic rings. The highest BCUT2D eigenvalue weighted by molar-refractivity contribution is 5.81. The van der Waals surface area contributed by atoms with E-state index in [9.17, 15) is 4.79 Å². The van der Waals surface area contributed by atoms with Crippen LogP contribution in [-0.2, 0) is 4.79 Å². The normalized spacial score (nSPS) is 14.6. The zero-order valence-corrected chi connectivity index (χ0v) is 8.73. The summed E-state index contributed by atoms with van der Waals surface area (Å²) in [5.74, 6) is -0.192. The fourth-order valence-corrected chi connectivity index (χ4v) is 1.21. The van der Waals surface area contributed by atoms with Gasteiger partial charge in [-0.15, -0.1) is 0 Å². The van der Waals surface area contributed by atoms with E-state index in [1.165, 1.54) is 0 Å². The average Bonchev–Trinajstić information content (AvgIpc) is 2.70. The second-order valence-corrected chi connectivity index (χ2v) is 3.42. The lowest BCUT2D eigenvalue weighted by Gasteiger charge is -2.15. The van der Waals surface area contributed by atoms with Crippen LogP contribution in [0.2, 0.25) is 0 Å². The zero-order chi connectivity index (χ0) is 11.3. The van der Waals surface area contributed by atoms with Crippen molar-refractivity contribution in [2.24, 2.45) is 11.5 Å². The lowest BCUT2D eigenvalue weighted by atomic mass is 10.2. The fraction of sp³-hybridized carbons (Fsp3) is 0.556. The van der Waals surface area contributed by atoms with Crippen molar-refractivity contribution < 1.29 is 4.79 Å². The first kappa shape index (κ1) is 11.7. The van der Waals surface area contributed by atoms with Crippen molar-refractivity contribution in [3.05, 3.63) is 18.2 Å². The van der Waals surface area contributed by atoms with Crippen LogP contribution < -0.4 is 16.8 Å². The van der Waals surface area contributed by atoms with E-state index in [0.29, 0.717) is 13.0 Å². The molecule has 0 aliphatic rings. The van der Waals surface area contributed by atoms with Crippen LogP contribution in [0.1, 0.15) is 25.1 Å². The largest absolute Gasteiger partial charge is 0.347 e. The average molecular weight is 211 g/mol. The molecule has 0 aliphatic heterocycles. The van der Waals surface area contributed by atoms with E-state index in [0.717, 1.165) is 5.69 Å². The number of aromatic amines is 1. The summed E-state index contributed by atoms with van der Waals surface area (Å²) in [5.41, 5.74) is 11.8. The Morgan fingerprint density at radius 1 is 1.73 bits per heavy atom. The van der Waals surface area contributed by atoms with Crippen LogP contribution in [0.5, 0.6) is 0 Å². The van der Waals surface area contributed by atoms with Crippen LogP contribution >= 0.6 is 0 Å². The van der Waals surface area contributed by atoms with Gasteiger partial charge in [-0.2, -0.15) is 0 Å². The van der Waals surface area contributed by atoms with Crippen molar-refractivity contribution in [1.29, 1.82) is 0 Å². The molecule has 0 bridgehead atoms. The lowest BCUT2D eigenvalue weighted by molar-refractivity contribution is -0.123. The van der Waals surface area contributed by atoms with Gasteiger partial charge in [0.05, 0.1) is 30.3 Å². The molecule has 6 N–H and O–H groups in total. The number of carbonyl (C=O) groups excluding carboxylic acids is 1. The predicted molar refractivity (Wildman–Crippen MR) is 56.8 cm³/mol. The first-order chi connectivity index (χ1) is 7.15. The number of nitrogens with two attached hydrogens (primary N) is 2. The molecule has 6 heteroatoms. The van der Waals surface area contributed by atoms with E-state index >= 15 is 0 Å². The van der Waals surface area contributed by atoms with Crippen LogP contribution in [-0.4, -0.2) is 28.5 Å². The van der Waals surface area contributed by atoms with Crippen LogP contribution in [0, 0.1) is 0 Å². The van der Waals surface area contributed by atoms with Gasteiger partial charge in [-0.1, -0.05) is 0 Å². The number of imidazole rings is 1. The molecule has 84 valence electrons. The quantitative estimate of drug-likeness (QED) is 0.514. The van der Waals surface area contributed by atoms with Gasteiger partial charge in [0.2, 0.25) is 5.91 Å². The van der Waals surface area contributed by atoms with E-state index in [1.54, 1.807) is 12.5 Å². The summed E-state index contributed by atoms with van der Waals surface area (Å²) in [7, 11) is 0. The number of nitrogens with one attached hydrogen (secondary N) is 2. The fourth-order valence-electron chi connectivity index (χ4n) is 1.21. The van der Waals surface area contributed by atoms with Gasteiger partial charge in [-0.05, 0) is 19.9 Å². The molecule has 0 aromatic carbocycles. The summed E-state index contributed by atoms with van der Waals surface area (Å²) in [6.45, 7) is 2.27. The third kappa shape index (κ3) is 3.34.